The van der Waals surface area contributed by atoms with Gasteiger partial charge in [-0.05, 0) is 44.0 Å². The number of hydrogen-bond donors (Lipinski definition) is 2. The number of aromatic amines is 1. The van der Waals surface area contributed by atoms with E-state index >= 15 is 0 Å². The smallest absolute Gasteiger partial charge is 0.284 e. The van der Waals surface area contributed by atoms with Crippen molar-refractivity contribution in [2.75, 3.05) is 12.4 Å². The minimum atomic E-state index is -0.897. The van der Waals surface area contributed by atoms with E-state index in [4.69, 9.17) is 4.74 Å². The number of carbonyl (C=O) groups excluding carboxylic acids is 1. The molecule has 2 N–H and O–H groups in total. The van der Waals surface area contributed by atoms with Gasteiger partial charge in [-0.1, -0.05) is 12.1 Å². The molecule has 0 bridgehead atoms. The Morgan fingerprint density at radius 1 is 1.27 bits per heavy atom. The number of ether oxygens (including phenoxy) is 1. The number of hydrogen-bond acceptors (Lipinski definition) is 4. The van der Waals surface area contributed by atoms with Gasteiger partial charge in [-0.15, -0.1) is 0 Å². The number of anilines is 1. The molecule has 1 amide bonds. The molecule has 0 atom stereocenters. The monoisotopic (exact) mass is 354 g/mol. The first kappa shape index (κ1) is 17.6. The first-order chi connectivity index (χ1) is 12.4. The lowest BCUT2D eigenvalue weighted by atomic mass is 10.1. The van der Waals surface area contributed by atoms with E-state index < -0.39 is 11.7 Å². The van der Waals surface area contributed by atoms with E-state index in [2.05, 4.69) is 20.5 Å². The van der Waals surface area contributed by atoms with E-state index in [1.807, 2.05) is 13.0 Å². The summed E-state index contributed by atoms with van der Waals surface area (Å²) in [6.45, 7) is 5.43. The first-order valence-electron chi connectivity index (χ1n) is 8.04. The number of nitrogens with zero attached hydrogens (tertiary/aromatic N) is 2. The van der Waals surface area contributed by atoms with Crippen LogP contribution in [0.5, 0.6) is 5.88 Å². The molecule has 0 saturated heterocycles. The number of H-pyrrole nitrogens is 1. The van der Waals surface area contributed by atoms with Crippen LogP contribution in [0.1, 0.15) is 22.5 Å². The summed E-state index contributed by atoms with van der Waals surface area (Å²) < 4.78 is 19.4. The molecule has 0 unspecified atom stereocenters. The first-order valence-corrected chi connectivity index (χ1v) is 8.04. The fourth-order valence-electron chi connectivity index (χ4n) is 2.73. The van der Waals surface area contributed by atoms with Crippen molar-refractivity contribution in [3.8, 4) is 5.88 Å². The van der Waals surface area contributed by atoms with Crippen LogP contribution < -0.4 is 10.1 Å². The molecule has 0 fully saturated rings. The number of pyridine rings is 1. The number of rotatable bonds is 4. The van der Waals surface area contributed by atoms with Gasteiger partial charge in [0.2, 0.25) is 5.88 Å². The van der Waals surface area contributed by atoms with Gasteiger partial charge in [0.25, 0.3) is 5.91 Å². The van der Waals surface area contributed by atoms with Gasteiger partial charge in [0.15, 0.2) is 5.83 Å². The normalized spacial score (nSPS) is 11.7. The third-order valence-electron chi connectivity index (χ3n) is 4.10. The van der Waals surface area contributed by atoms with E-state index in [0.717, 1.165) is 22.2 Å². The highest BCUT2D eigenvalue weighted by atomic mass is 19.1. The highest BCUT2D eigenvalue weighted by molar-refractivity contribution is 6.05. The van der Waals surface area contributed by atoms with Gasteiger partial charge in [-0.3, -0.25) is 9.89 Å². The lowest BCUT2D eigenvalue weighted by Gasteiger charge is -2.11. The van der Waals surface area contributed by atoms with Crippen LogP contribution in [0.15, 0.2) is 30.1 Å². The highest BCUT2D eigenvalue weighted by Crippen LogP contribution is 2.24. The zero-order chi connectivity index (χ0) is 18.8. The highest BCUT2D eigenvalue weighted by Gasteiger charge is 2.14. The Balaban J connectivity index is 1.83. The van der Waals surface area contributed by atoms with Gasteiger partial charge in [0.05, 0.1) is 24.0 Å². The molecule has 0 spiro atoms. The van der Waals surface area contributed by atoms with Crippen molar-refractivity contribution in [3.05, 3.63) is 52.6 Å². The third-order valence-corrected chi connectivity index (χ3v) is 4.10. The van der Waals surface area contributed by atoms with Crippen LogP contribution in [-0.2, 0) is 4.79 Å². The molecule has 0 saturated carbocycles. The Labute approximate surface area is 150 Å². The van der Waals surface area contributed by atoms with Crippen molar-refractivity contribution in [2.45, 2.75) is 20.8 Å². The maximum Gasteiger partial charge on any atom is 0.284 e. The molecule has 1 aromatic carbocycles. The Bertz CT molecular complexity index is 1000. The number of fused-ring (bicyclic) bond motifs is 1. The predicted molar refractivity (Wildman–Crippen MR) is 98.8 cm³/mol. The summed E-state index contributed by atoms with van der Waals surface area (Å²) in [5.41, 5.74) is 3.97. The zero-order valence-corrected chi connectivity index (χ0v) is 15.0. The van der Waals surface area contributed by atoms with Gasteiger partial charge in [-0.2, -0.15) is 5.10 Å². The van der Waals surface area contributed by atoms with Crippen LogP contribution in [0.25, 0.3) is 17.0 Å². The molecule has 26 heavy (non-hydrogen) atoms. The van der Waals surface area contributed by atoms with Crippen molar-refractivity contribution in [1.29, 1.82) is 0 Å². The second-order valence-electron chi connectivity index (χ2n) is 6.01. The molecule has 6 nitrogen and oxygen atoms in total. The summed E-state index contributed by atoms with van der Waals surface area (Å²) in [6.07, 6.45) is 1.18. The van der Waals surface area contributed by atoms with Crippen LogP contribution in [0.3, 0.4) is 0 Å². The Hall–Kier alpha value is -3.22. The molecule has 0 aliphatic heterocycles. The molecule has 3 rings (SSSR count). The number of halogens is 1. The second-order valence-corrected chi connectivity index (χ2v) is 6.01. The van der Waals surface area contributed by atoms with E-state index in [-0.39, 0.29) is 0 Å². The molecule has 3 aromatic rings. The van der Waals surface area contributed by atoms with E-state index in [0.29, 0.717) is 22.8 Å². The summed E-state index contributed by atoms with van der Waals surface area (Å²) in [7, 11) is 1.51. The number of benzene rings is 1. The number of amides is 1. The van der Waals surface area contributed by atoms with Crippen molar-refractivity contribution >= 4 is 28.6 Å². The molecular weight excluding hydrogens is 335 g/mol. The van der Waals surface area contributed by atoms with Crippen molar-refractivity contribution in [3.63, 3.8) is 0 Å². The molecule has 134 valence electrons. The van der Waals surface area contributed by atoms with Gasteiger partial charge in [-0.25, -0.2) is 9.37 Å². The van der Waals surface area contributed by atoms with Gasteiger partial charge >= 0.3 is 0 Å². The van der Waals surface area contributed by atoms with Crippen molar-refractivity contribution in [1.82, 2.24) is 15.2 Å². The number of aryl methyl sites for hydroxylation is 3. The molecule has 2 aromatic heterocycles. The number of aromatic nitrogens is 3. The van der Waals surface area contributed by atoms with E-state index in [1.54, 1.807) is 32.0 Å². The number of nitrogens with one attached hydrogen (secondary N) is 2. The lowest BCUT2D eigenvalue weighted by molar-refractivity contribution is -0.114. The Morgan fingerprint density at radius 3 is 2.73 bits per heavy atom. The largest absolute Gasteiger partial charge is 0.481 e. The standard InChI is InChI=1S/C19H19FN4O2/c1-10-7-17(26-4)21-12(3)18(10)22-19(25)15(20)8-13-5-6-14-11(2)23-24-16(14)9-13/h5-9H,1-4H3,(H,22,25)(H,23,24)/b15-8-. The topological polar surface area (TPSA) is 79.9 Å². The summed E-state index contributed by atoms with van der Waals surface area (Å²) in [6, 6.07) is 6.98. The van der Waals surface area contributed by atoms with Crippen LogP contribution in [0.2, 0.25) is 0 Å². The molecular formula is C19H19FN4O2. The SMILES string of the molecule is COc1cc(C)c(NC(=O)/C(F)=C/c2ccc3c(C)[nH]nc3c2)c(C)n1. The molecule has 0 aliphatic rings. The fraction of sp³-hybridized carbons (Fsp3) is 0.211. The molecule has 7 heteroatoms. The lowest BCUT2D eigenvalue weighted by Crippen LogP contribution is -2.14. The summed E-state index contributed by atoms with van der Waals surface area (Å²) in [5, 5.41) is 10.5. The molecule has 2 heterocycles. The van der Waals surface area contributed by atoms with Crippen LogP contribution in [0, 0.1) is 20.8 Å². The van der Waals surface area contributed by atoms with E-state index in [9.17, 15) is 9.18 Å². The quantitative estimate of drug-likeness (QED) is 0.698. The maximum absolute atomic E-state index is 14.4. The van der Waals surface area contributed by atoms with Gasteiger partial charge < -0.3 is 10.1 Å². The van der Waals surface area contributed by atoms with Crippen LogP contribution >= 0.6 is 0 Å². The predicted octanol–water partition coefficient (Wildman–Crippen LogP) is 3.84. The molecule has 0 aliphatic carbocycles. The Morgan fingerprint density at radius 2 is 2.04 bits per heavy atom. The fourth-order valence-corrected chi connectivity index (χ4v) is 2.73. The van der Waals surface area contributed by atoms with Gasteiger partial charge in [0, 0.05) is 17.1 Å². The third kappa shape index (κ3) is 3.42. The summed E-state index contributed by atoms with van der Waals surface area (Å²) in [4.78, 5) is 16.4. The average Bonchev–Trinajstić information content (AvgIpc) is 2.98. The zero-order valence-electron chi connectivity index (χ0n) is 15.0. The van der Waals surface area contributed by atoms with Crippen LogP contribution in [-0.4, -0.2) is 28.2 Å². The Kier molecular flexibility index (Phi) is 4.71. The number of methoxy groups -OCH3 is 1. The molecule has 0 radical (unpaired) electrons. The summed E-state index contributed by atoms with van der Waals surface area (Å²) >= 11 is 0. The van der Waals surface area contributed by atoms with Gasteiger partial charge in [0.1, 0.15) is 0 Å². The minimum Gasteiger partial charge on any atom is -0.481 e. The average molecular weight is 354 g/mol. The second kappa shape index (κ2) is 6.95. The van der Waals surface area contributed by atoms with Crippen molar-refractivity contribution in [2.24, 2.45) is 0 Å². The number of carbonyl (C=O) groups is 1. The minimum absolute atomic E-state index is 0.441. The van der Waals surface area contributed by atoms with Crippen molar-refractivity contribution < 1.29 is 13.9 Å². The van der Waals surface area contributed by atoms with Crippen LogP contribution in [0.4, 0.5) is 10.1 Å². The maximum atomic E-state index is 14.4. The summed E-state index contributed by atoms with van der Waals surface area (Å²) in [5.74, 6) is -1.29. The van der Waals surface area contributed by atoms with E-state index in [1.165, 1.54) is 13.2 Å².